The first kappa shape index (κ1) is 16.8. The van der Waals surface area contributed by atoms with Crippen molar-refractivity contribution in [3.63, 3.8) is 0 Å². The van der Waals surface area contributed by atoms with E-state index in [1.807, 2.05) is 18.2 Å². The Kier molecular flexibility index (Phi) is 6.82. The number of nitrogens with two attached hydrogens (primary N) is 1. The second kappa shape index (κ2) is 8.12. The molecule has 1 aromatic carbocycles. The molecule has 0 amide bonds. The predicted octanol–water partition coefficient (Wildman–Crippen LogP) is 2.82. The fourth-order valence-corrected chi connectivity index (χ4v) is 2.35. The average molecular weight is 280 g/mol. The molecule has 0 spiro atoms. The molecule has 0 fully saturated rings. The molecule has 0 aliphatic heterocycles. The van der Waals surface area contributed by atoms with Crippen molar-refractivity contribution in [2.24, 2.45) is 5.73 Å². The molecular weight excluding hydrogens is 252 g/mol. The smallest absolute Gasteiger partial charge is 0.127 e. The summed E-state index contributed by atoms with van der Waals surface area (Å²) in [7, 11) is 5.43. The van der Waals surface area contributed by atoms with Gasteiger partial charge in [-0.1, -0.05) is 19.4 Å². The van der Waals surface area contributed by atoms with E-state index in [9.17, 15) is 0 Å². The molecule has 0 aliphatic carbocycles. The molecule has 2 unspecified atom stereocenters. The van der Waals surface area contributed by atoms with Gasteiger partial charge < -0.3 is 20.1 Å². The normalized spacial score (nSPS) is 14.2. The molecule has 0 bridgehead atoms. The number of rotatable bonds is 8. The maximum atomic E-state index is 6.34. The van der Waals surface area contributed by atoms with Crippen molar-refractivity contribution in [1.82, 2.24) is 4.90 Å². The van der Waals surface area contributed by atoms with Gasteiger partial charge in [-0.3, -0.25) is 0 Å². The van der Waals surface area contributed by atoms with E-state index in [-0.39, 0.29) is 6.04 Å². The Hall–Kier alpha value is -1.26. The lowest BCUT2D eigenvalue weighted by molar-refractivity contribution is 0.230. The van der Waals surface area contributed by atoms with E-state index in [0.717, 1.165) is 23.6 Å². The van der Waals surface area contributed by atoms with Crippen LogP contribution in [0.25, 0.3) is 0 Å². The number of hydrogen-bond donors (Lipinski definition) is 1. The minimum absolute atomic E-state index is 0.0693. The van der Waals surface area contributed by atoms with E-state index >= 15 is 0 Å². The molecule has 1 aromatic rings. The number of hydrogen-bond acceptors (Lipinski definition) is 4. The van der Waals surface area contributed by atoms with Gasteiger partial charge in [0.2, 0.25) is 0 Å². The third-order valence-corrected chi connectivity index (χ3v) is 3.78. The summed E-state index contributed by atoms with van der Waals surface area (Å²) < 4.78 is 10.6. The number of benzene rings is 1. The Morgan fingerprint density at radius 2 is 1.95 bits per heavy atom. The Bertz CT molecular complexity index is 409. The van der Waals surface area contributed by atoms with Crippen molar-refractivity contribution in [3.8, 4) is 11.5 Å². The molecule has 2 N–H and O–H groups in total. The molecule has 114 valence electrons. The first-order valence-electron chi connectivity index (χ1n) is 7.21. The van der Waals surface area contributed by atoms with E-state index in [2.05, 4.69) is 25.8 Å². The molecule has 0 radical (unpaired) electrons. The topological polar surface area (TPSA) is 47.7 Å². The molecule has 0 aliphatic rings. The standard InChI is InChI=1S/C16H28N2O2/c1-6-7-12(2)18(3)11-15(17)14-9-8-13(19-4)10-16(14)20-5/h8-10,12,15H,6-7,11,17H2,1-5H3. The van der Waals surface area contributed by atoms with Crippen molar-refractivity contribution in [1.29, 1.82) is 0 Å². The van der Waals surface area contributed by atoms with Crippen LogP contribution in [0.3, 0.4) is 0 Å². The minimum Gasteiger partial charge on any atom is -0.497 e. The highest BCUT2D eigenvalue weighted by molar-refractivity contribution is 5.42. The summed E-state index contributed by atoms with van der Waals surface area (Å²) in [5.41, 5.74) is 7.35. The Labute approximate surface area is 122 Å². The first-order chi connectivity index (χ1) is 9.53. The first-order valence-corrected chi connectivity index (χ1v) is 7.21. The lowest BCUT2D eigenvalue weighted by atomic mass is 10.0. The lowest BCUT2D eigenvalue weighted by Crippen LogP contribution is -2.35. The van der Waals surface area contributed by atoms with Crippen molar-refractivity contribution in [3.05, 3.63) is 23.8 Å². The SMILES string of the molecule is CCCC(C)N(C)CC(N)c1ccc(OC)cc1OC. The fraction of sp³-hybridized carbons (Fsp3) is 0.625. The van der Waals surface area contributed by atoms with Crippen molar-refractivity contribution in [2.45, 2.75) is 38.8 Å². The summed E-state index contributed by atoms with van der Waals surface area (Å²) in [4.78, 5) is 2.30. The van der Waals surface area contributed by atoms with Crippen LogP contribution in [0.5, 0.6) is 11.5 Å². The molecule has 0 saturated carbocycles. The monoisotopic (exact) mass is 280 g/mol. The summed E-state index contributed by atoms with van der Waals surface area (Å²) in [5.74, 6) is 1.57. The van der Waals surface area contributed by atoms with Crippen LogP contribution in [0.15, 0.2) is 18.2 Å². The molecule has 0 heterocycles. The molecule has 4 heteroatoms. The van der Waals surface area contributed by atoms with E-state index in [1.54, 1.807) is 14.2 Å². The predicted molar refractivity (Wildman–Crippen MR) is 83.5 cm³/mol. The van der Waals surface area contributed by atoms with E-state index in [0.29, 0.717) is 6.04 Å². The summed E-state index contributed by atoms with van der Waals surface area (Å²) in [6.45, 7) is 5.25. The third kappa shape index (κ3) is 4.39. The van der Waals surface area contributed by atoms with Gasteiger partial charge >= 0.3 is 0 Å². The molecular formula is C16H28N2O2. The van der Waals surface area contributed by atoms with Crippen molar-refractivity contribution in [2.75, 3.05) is 27.8 Å². The van der Waals surface area contributed by atoms with Gasteiger partial charge in [0.15, 0.2) is 0 Å². The molecule has 2 atom stereocenters. The maximum absolute atomic E-state index is 6.34. The van der Waals surface area contributed by atoms with Crippen LogP contribution in [-0.4, -0.2) is 38.8 Å². The zero-order valence-corrected chi connectivity index (χ0v) is 13.3. The number of likely N-dealkylation sites (N-methyl/N-ethyl adjacent to an activating group) is 1. The summed E-state index contributed by atoms with van der Waals surface area (Å²) >= 11 is 0. The quantitative estimate of drug-likeness (QED) is 0.795. The second-order valence-electron chi connectivity index (χ2n) is 5.29. The van der Waals surface area contributed by atoms with Gasteiger partial charge in [0, 0.05) is 30.3 Å². The fourth-order valence-electron chi connectivity index (χ4n) is 2.35. The van der Waals surface area contributed by atoms with Crippen LogP contribution in [-0.2, 0) is 0 Å². The van der Waals surface area contributed by atoms with Crippen molar-refractivity contribution >= 4 is 0 Å². The molecule has 20 heavy (non-hydrogen) atoms. The number of ether oxygens (including phenoxy) is 2. The van der Waals surface area contributed by atoms with Gasteiger partial charge in [-0.2, -0.15) is 0 Å². The van der Waals surface area contributed by atoms with Crippen LogP contribution >= 0.6 is 0 Å². The number of nitrogens with zero attached hydrogens (tertiary/aromatic N) is 1. The number of methoxy groups -OCH3 is 2. The zero-order valence-electron chi connectivity index (χ0n) is 13.3. The Balaban J connectivity index is 2.78. The van der Waals surface area contributed by atoms with Gasteiger partial charge in [0.25, 0.3) is 0 Å². The largest absolute Gasteiger partial charge is 0.497 e. The summed E-state index contributed by atoms with van der Waals surface area (Å²) in [6, 6.07) is 6.26. The van der Waals surface area contributed by atoms with E-state index in [1.165, 1.54) is 12.8 Å². The molecule has 1 rings (SSSR count). The zero-order chi connectivity index (χ0) is 15.1. The van der Waals surface area contributed by atoms with Crippen LogP contribution in [0, 0.1) is 0 Å². The highest BCUT2D eigenvalue weighted by Crippen LogP contribution is 2.29. The van der Waals surface area contributed by atoms with Crippen LogP contribution in [0.4, 0.5) is 0 Å². The van der Waals surface area contributed by atoms with Crippen molar-refractivity contribution < 1.29 is 9.47 Å². The Morgan fingerprint density at radius 3 is 2.50 bits per heavy atom. The van der Waals surface area contributed by atoms with Gasteiger partial charge in [0.1, 0.15) is 11.5 Å². The Morgan fingerprint density at radius 1 is 1.25 bits per heavy atom. The van der Waals surface area contributed by atoms with Gasteiger partial charge in [-0.15, -0.1) is 0 Å². The van der Waals surface area contributed by atoms with Gasteiger partial charge in [-0.25, -0.2) is 0 Å². The van der Waals surface area contributed by atoms with E-state index in [4.69, 9.17) is 15.2 Å². The van der Waals surface area contributed by atoms with Crippen LogP contribution < -0.4 is 15.2 Å². The lowest BCUT2D eigenvalue weighted by Gasteiger charge is -2.28. The highest BCUT2D eigenvalue weighted by Gasteiger charge is 2.17. The summed E-state index contributed by atoms with van der Waals surface area (Å²) in [6.07, 6.45) is 2.37. The molecule has 0 aromatic heterocycles. The maximum Gasteiger partial charge on any atom is 0.127 e. The van der Waals surface area contributed by atoms with E-state index < -0.39 is 0 Å². The van der Waals surface area contributed by atoms with Crippen LogP contribution in [0.2, 0.25) is 0 Å². The second-order valence-corrected chi connectivity index (χ2v) is 5.29. The highest BCUT2D eigenvalue weighted by atomic mass is 16.5. The molecule has 0 saturated heterocycles. The molecule has 4 nitrogen and oxygen atoms in total. The third-order valence-electron chi connectivity index (χ3n) is 3.78. The van der Waals surface area contributed by atoms with Gasteiger partial charge in [-0.05, 0) is 26.5 Å². The van der Waals surface area contributed by atoms with Gasteiger partial charge in [0.05, 0.1) is 14.2 Å². The summed E-state index contributed by atoms with van der Waals surface area (Å²) in [5, 5.41) is 0. The van der Waals surface area contributed by atoms with Crippen LogP contribution in [0.1, 0.15) is 38.3 Å². The minimum atomic E-state index is -0.0693. The average Bonchev–Trinajstić information content (AvgIpc) is 2.46.